The van der Waals surface area contributed by atoms with Crippen LogP contribution in [0.25, 0.3) is 0 Å². The number of fused-ring (bicyclic) bond motifs is 1. The monoisotopic (exact) mass is 400 g/mol. The number of hydrogen-bond donors (Lipinski definition) is 2. The fourth-order valence-corrected chi connectivity index (χ4v) is 3.48. The van der Waals surface area contributed by atoms with Crippen molar-refractivity contribution < 1.29 is 14.3 Å². The fraction of sp³-hybridized carbons (Fsp3) is 0.200. The molecule has 0 aromatic heterocycles. The molecule has 3 aromatic rings. The zero-order chi connectivity index (χ0) is 21.3. The van der Waals surface area contributed by atoms with Crippen LogP contribution in [0.2, 0.25) is 0 Å². The second-order valence-electron chi connectivity index (χ2n) is 8.16. The van der Waals surface area contributed by atoms with E-state index >= 15 is 0 Å². The summed E-state index contributed by atoms with van der Waals surface area (Å²) in [5.41, 5.74) is 3.88. The number of benzene rings is 3. The van der Waals surface area contributed by atoms with Crippen molar-refractivity contribution in [2.45, 2.75) is 32.8 Å². The maximum atomic E-state index is 12.9. The van der Waals surface area contributed by atoms with Crippen molar-refractivity contribution in [3.8, 4) is 5.75 Å². The van der Waals surface area contributed by atoms with Crippen molar-refractivity contribution in [1.29, 1.82) is 0 Å². The van der Waals surface area contributed by atoms with E-state index in [2.05, 4.69) is 10.6 Å². The lowest BCUT2D eigenvalue weighted by Gasteiger charge is -2.31. The lowest BCUT2D eigenvalue weighted by Crippen LogP contribution is -2.36. The third-order valence-corrected chi connectivity index (χ3v) is 5.02. The molecule has 1 amide bonds. The molecule has 2 N–H and O–H groups in total. The van der Waals surface area contributed by atoms with Crippen LogP contribution >= 0.6 is 0 Å². The van der Waals surface area contributed by atoms with Crippen LogP contribution in [0.15, 0.2) is 66.7 Å². The number of hydrogen-bond acceptors (Lipinski definition) is 4. The molecule has 0 aliphatic carbocycles. The van der Waals surface area contributed by atoms with Gasteiger partial charge in [-0.05, 0) is 63.2 Å². The Morgan fingerprint density at radius 3 is 2.40 bits per heavy atom. The molecule has 0 saturated carbocycles. The van der Waals surface area contributed by atoms with Crippen molar-refractivity contribution in [2.75, 3.05) is 10.6 Å². The van der Waals surface area contributed by atoms with Crippen LogP contribution in [0.4, 0.5) is 17.1 Å². The van der Waals surface area contributed by atoms with Crippen LogP contribution in [0.1, 0.15) is 46.5 Å². The average molecular weight is 400 g/mol. The van der Waals surface area contributed by atoms with E-state index in [0.717, 1.165) is 11.4 Å². The topological polar surface area (TPSA) is 67.4 Å². The molecule has 1 heterocycles. The van der Waals surface area contributed by atoms with Gasteiger partial charge in [0.05, 0.1) is 23.4 Å². The van der Waals surface area contributed by atoms with Crippen LogP contribution in [0.3, 0.4) is 0 Å². The Balaban J connectivity index is 1.56. The molecule has 5 heteroatoms. The first-order chi connectivity index (χ1) is 14.3. The fourth-order valence-electron chi connectivity index (χ4n) is 3.48. The molecule has 152 valence electrons. The highest BCUT2D eigenvalue weighted by Crippen LogP contribution is 2.34. The van der Waals surface area contributed by atoms with Gasteiger partial charge >= 0.3 is 0 Å². The minimum absolute atomic E-state index is 0.0164. The summed E-state index contributed by atoms with van der Waals surface area (Å²) in [4.78, 5) is 25.4. The number of rotatable bonds is 4. The van der Waals surface area contributed by atoms with Gasteiger partial charge in [0.15, 0.2) is 5.78 Å². The number of para-hydroxylation sites is 2. The lowest BCUT2D eigenvalue weighted by molar-refractivity contribution is 0.0620. The number of carbonyl (C=O) groups is 2. The number of nitrogens with one attached hydrogen (secondary N) is 2. The Hall–Kier alpha value is -3.60. The van der Waals surface area contributed by atoms with E-state index in [-0.39, 0.29) is 18.1 Å². The van der Waals surface area contributed by atoms with Gasteiger partial charge in [-0.1, -0.05) is 29.8 Å². The molecule has 3 aromatic carbocycles. The molecule has 5 nitrogen and oxygen atoms in total. The first-order valence-electron chi connectivity index (χ1n) is 9.91. The van der Waals surface area contributed by atoms with E-state index in [1.807, 2.05) is 69.3 Å². The SMILES string of the molecule is Cc1ccc(Nc2ccccc2NC(=O)c2ccc3c(c2)C(=O)CC(C)(C)O3)cc1. The van der Waals surface area contributed by atoms with Gasteiger partial charge in [-0.25, -0.2) is 0 Å². The van der Waals surface area contributed by atoms with Crippen LogP contribution in [-0.4, -0.2) is 17.3 Å². The molecule has 0 bridgehead atoms. The Kier molecular flexibility index (Phi) is 5.04. The molecule has 0 atom stereocenters. The summed E-state index contributed by atoms with van der Waals surface area (Å²) in [6.07, 6.45) is 0.286. The molecule has 1 aliphatic heterocycles. The van der Waals surface area contributed by atoms with Crippen molar-refractivity contribution in [1.82, 2.24) is 0 Å². The van der Waals surface area contributed by atoms with Crippen LogP contribution in [0.5, 0.6) is 5.75 Å². The minimum atomic E-state index is -0.533. The van der Waals surface area contributed by atoms with Gasteiger partial charge in [0.1, 0.15) is 11.4 Å². The summed E-state index contributed by atoms with van der Waals surface area (Å²) in [5, 5.41) is 6.28. The molecule has 0 unspecified atom stereocenters. The molecule has 4 rings (SSSR count). The Morgan fingerprint density at radius 1 is 0.967 bits per heavy atom. The van der Waals surface area contributed by atoms with Gasteiger partial charge in [0.25, 0.3) is 5.91 Å². The van der Waals surface area contributed by atoms with E-state index in [4.69, 9.17) is 4.74 Å². The summed E-state index contributed by atoms with van der Waals surface area (Å²) in [5.74, 6) is 0.222. The third kappa shape index (κ3) is 4.20. The number of Topliss-reactive ketones (excluding diaryl/α,β-unsaturated/α-hetero) is 1. The van der Waals surface area contributed by atoms with Gasteiger partial charge in [0, 0.05) is 11.3 Å². The maximum Gasteiger partial charge on any atom is 0.255 e. The first-order valence-corrected chi connectivity index (χ1v) is 9.91. The van der Waals surface area contributed by atoms with E-state index < -0.39 is 5.60 Å². The second-order valence-corrected chi connectivity index (χ2v) is 8.16. The highest BCUT2D eigenvalue weighted by molar-refractivity contribution is 6.09. The highest BCUT2D eigenvalue weighted by Gasteiger charge is 2.32. The zero-order valence-corrected chi connectivity index (χ0v) is 17.3. The molecule has 0 spiro atoms. The number of ketones is 1. The smallest absolute Gasteiger partial charge is 0.255 e. The first kappa shape index (κ1) is 19.7. The van der Waals surface area contributed by atoms with Crippen molar-refractivity contribution >= 4 is 28.8 Å². The van der Waals surface area contributed by atoms with Crippen LogP contribution < -0.4 is 15.4 Å². The number of aryl methyl sites for hydroxylation is 1. The van der Waals surface area contributed by atoms with Gasteiger partial charge in [-0.3, -0.25) is 9.59 Å². The van der Waals surface area contributed by atoms with Crippen LogP contribution in [-0.2, 0) is 0 Å². The van der Waals surface area contributed by atoms with Crippen molar-refractivity contribution in [3.63, 3.8) is 0 Å². The molecule has 1 aliphatic rings. The van der Waals surface area contributed by atoms with Gasteiger partial charge in [-0.15, -0.1) is 0 Å². The Morgan fingerprint density at radius 2 is 1.67 bits per heavy atom. The molecule has 0 radical (unpaired) electrons. The average Bonchev–Trinajstić information content (AvgIpc) is 2.70. The standard InChI is InChI=1S/C25H24N2O3/c1-16-8-11-18(12-9-16)26-20-6-4-5-7-21(20)27-24(29)17-10-13-23-19(14-17)22(28)15-25(2,3)30-23/h4-14,26H,15H2,1-3H3,(H,27,29). The predicted octanol–water partition coefficient (Wildman–Crippen LogP) is 5.73. The number of anilines is 3. The highest BCUT2D eigenvalue weighted by atomic mass is 16.5. The van der Waals surface area contributed by atoms with E-state index in [1.165, 1.54) is 5.56 Å². The number of amides is 1. The molecule has 0 saturated heterocycles. The van der Waals surface area contributed by atoms with E-state index in [1.54, 1.807) is 18.2 Å². The number of ether oxygens (including phenoxy) is 1. The van der Waals surface area contributed by atoms with E-state index in [0.29, 0.717) is 22.6 Å². The Labute approximate surface area is 176 Å². The van der Waals surface area contributed by atoms with E-state index in [9.17, 15) is 9.59 Å². The summed E-state index contributed by atoms with van der Waals surface area (Å²) < 4.78 is 5.87. The molecule has 30 heavy (non-hydrogen) atoms. The van der Waals surface area contributed by atoms with Crippen molar-refractivity contribution in [3.05, 3.63) is 83.4 Å². The van der Waals surface area contributed by atoms with Crippen LogP contribution in [0, 0.1) is 6.92 Å². The minimum Gasteiger partial charge on any atom is -0.487 e. The zero-order valence-electron chi connectivity index (χ0n) is 17.3. The summed E-state index contributed by atoms with van der Waals surface area (Å²) in [6.45, 7) is 5.80. The third-order valence-electron chi connectivity index (χ3n) is 5.02. The molecule has 0 fully saturated rings. The second kappa shape index (κ2) is 7.67. The van der Waals surface area contributed by atoms with Gasteiger partial charge in [0.2, 0.25) is 0 Å². The maximum absolute atomic E-state index is 12.9. The van der Waals surface area contributed by atoms with Gasteiger partial charge in [-0.2, -0.15) is 0 Å². The summed E-state index contributed by atoms with van der Waals surface area (Å²) in [7, 11) is 0. The molecular weight excluding hydrogens is 376 g/mol. The quantitative estimate of drug-likeness (QED) is 0.586. The predicted molar refractivity (Wildman–Crippen MR) is 119 cm³/mol. The summed E-state index contributed by atoms with van der Waals surface area (Å²) in [6, 6.07) is 20.5. The molecular formula is C25H24N2O3. The number of carbonyl (C=O) groups excluding carboxylic acids is 2. The van der Waals surface area contributed by atoms with Gasteiger partial charge < -0.3 is 15.4 Å². The normalized spacial score (nSPS) is 14.4. The van der Waals surface area contributed by atoms with Crippen molar-refractivity contribution in [2.24, 2.45) is 0 Å². The largest absolute Gasteiger partial charge is 0.487 e. The Bertz CT molecular complexity index is 1120. The lowest BCUT2D eigenvalue weighted by atomic mass is 9.92. The summed E-state index contributed by atoms with van der Waals surface area (Å²) >= 11 is 0.